The summed E-state index contributed by atoms with van der Waals surface area (Å²) < 4.78 is 32.8. The van der Waals surface area contributed by atoms with Gasteiger partial charge in [-0.3, -0.25) is 0 Å². The molecule has 24 heavy (non-hydrogen) atoms. The van der Waals surface area contributed by atoms with Crippen LogP contribution in [0.25, 0.3) is 0 Å². The first-order valence-corrected chi connectivity index (χ1v) is 10.0. The SMILES string of the molecule is CCCCCOc1ccc(S(=O)(=O)NCCC2CCNC2)cc1.Cl. The first kappa shape index (κ1) is 21.2. The van der Waals surface area contributed by atoms with Gasteiger partial charge < -0.3 is 10.1 Å². The number of unbranched alkanes of at least 4 members (excludes halogenated alkanes) is 2. The molecule has 1 aliphatic heterocycles. The van der Waals surface area contributed by atoms with Crippen LogP contribution in [-0.4, -0.2) is 34.7 Å². The third kappa shape index (κ3) is 6.97. The Balaban J connectivity index is 0.00000288. The Morgan fingerprint density at radius 2 is 2.00 bits per heavy atom. The minimum atomic E-state index is -3.42. The standard InChI is InChI=1S/C17H28N2O3S.ClH/c1-2-3-4-13-22-16-5-7-17(8-6-16)23(20,21)19-12-10-15-9-11-18-14-15;/h5-8,15,18-19H,2-4,9-14H2,1H3;1H. The molecule has 1 saturated heterocycles. The molecule has 1 aliphatic rings. The minimum absolute atomic E-state index is 0. The van der Waals surface area contributed by atoms with Crippen LogP contribution in [0.5, 0.6) is 5.75 Å². The molecule has 1 heterocycles. The zero-order valence-corrected chi connectivity index (χ0v) is 15.9. The smallest absolute Gasteiger partial charge is 0.240 e. The average molecular weight is 377 g/mol. The molecule has 0 aliphatic carbocycles. The fourth-order valence-electron chi connectivity index (χ4n) is 2.70. The predicted molar refractivity (Wildman–Crippen MR) is 99.5 cm³/mol. The van der Waals surface area contributed by atoms with Crippen molar-refractivity contribution >= 4 is 22.4 Å². The van der Waals surface area contributed by atoms with Crippen molar-refractivity contribution in [1.29, 1.82) is 0 Å². The van der Waals surface area contributed by atoms with Gasteiger partial charge in [0.05, 0.1) is 11.5 Å². The molecule has 0 aromatic heterocycles. The van der Waals surface area contributed by atoms with E-state index >= 15 is 0 Å². The zero-order valence-electron chi connectivity index (χ0n) is 14.3. The number of ether oxygens (including phenoxy) is 1. The molecule has 1 aromatic carbocycles. The van der Waals surface area contributed by atoms with Gasteiger partial charge in [-0.05, 0) is 62.5 Å². The van der Waals surface area contributed by atoms with E-state index < -0.39 is 10.0 Å². The maximum atomic E-state index is 12.2. The van der Waals surface area contributed by atoms with Gasteiger partial charge in [-0.2, -0.15) is 0 Å². The van der Waals surface area contributed by atoms with E-state index in [1.807, 2.05) is 0 Å². The van der Waals surface area contributed by atoms with Crippen LogP contribution in [0.15, 0.2) is 29.2 Å². The topological polar surface area (TPSA) is 67.4 Å². The van der Waals surface area contributed by atoms with E-state index in [2.05, 4.69) is 17.0 Å². The lowest BCUT2D eigenvalue weighted by molar-refractivity contribution is 0.306. The van der Waals surface area contributed by atoms with Gasteiger partial charge in [0.2, 0.25) is 10.0 Å². The first-order chi connectivity index (χ1) is 11.1. The number of benzene rings is 1. The van der Waals surface area contributed by atoms with Crippen LogP contribution in [0.2, 0.25) is 0 Å². The Bertz CT molecular complexity index is 558. The van der Waals surface area contributed by atoms with Crippen LogP contribution in [-0.2, 0) is 10.0 Å². The summed E-state index contributed by atoms with van der Waals surface area (Å²) in [4.78, 5) is 0.294. The highest BCUT2D eigenvalue weighted by Crippen LogP contribution is 2.17. The second-order valence-corrected chi connectivity index (χ2v) is 7.84. The van der Waals surface area contributed by atoms with Crippen molar-refractivity contribution in [1.82, 2.24) is 10.0 Å². The molecule has 0 bridgehead atoms. The van der Waals surface area contributed by atoms with Gasteiger partial charge >= 0.3 is 0 Å². The quantitative estimate of drug-likeness (QED) is 0.616. The Hall–Kier alpha value is -0.820. The number of halogens is 1. The maximum Gasteiger partial charge on any atom is 0.240 e. The van der Waals surface area contributed by atoms with E-state index in [1.54, 1.807) is 24.3 Å². The largest absolute Gasteiger partial charge is 0.494 e. The molecule has 2 rings (SSSR count). The molecule has 1 fully saturated rings. The summed E-state index contributed by atoms with van der Waals surface area (Å²) >= 11 is 0. The van der Waals surface area contributed by atoms with E-state index in [0.29, 0.717) is 24.0 Å². The Kier molecular flexibility index (Phi) is 9.66. The lowest BCUT2D eigenvalue weighted by atomic mass is 10.1. The van der Waals surface area contributed by atoms with Gasteiger partial charge in [-0.15, -0.1) is 12.4 Å². The monoisotopic (exact) mass is 376 g/mol. The Morgan fingerprint density at radius 3 is 2.62 bits per heavy atom. The number of hydrogen-bond acceptors (Lipinski definition) is 4. The number of sulfonamides is 1. The summed E-state index contributed by atoms with van der Waals surface area (Å²) in [6.45, 7) is 5.34. The molecule has 0 saturated carbocycles. The Morgan fingerprint density at radius 1 is 1.25 bits per heavy atom. The summed E-state index contributed by atoms with van der Waals surface area (Å²) in [6, 6.07) is 6.66. The fraction of sp³-hybridized carbons (Fsp3) is 0.647. The predicted octanol–water partition coefficient (Wildman–Crippen LogP) is 2.96. The molecule has 2 N–H and O–H groups in total. The van der Waals surface area contributed by atoms with E-state index in [9.17, 15) is 8.42 Å². The van der Waals surface area contributed by atoms with Gasteiger partial charge in [0.1, 0.15) is 5.75 Å². The van der Waals surface area contributed by atoms with Crippen LogP contribution in [0.4, 0.5) is 0 Å². The van der Waals surface area contributed by atoms with Crippen molar-refractivity contribution in [2.45, 2.75) is 43.9 Å². The van der Waals surface area contributed by atoms with Crippen molar-refractivity contribution in [2.75, 3.05) is 26.2 Å². The molecule has 1 atom stereocenters. The molecule has 1 aromatic rings. The van der Waals surface area contributed by atoms with Crippen LogP contribution < -0.4 is 14.8 Å². The Labute approximate surface area is 152 Å². The maximum absolute atomic E-state index is 12.2. The second kappa shape index (κ2) is 10.9. The molecule has 5 nitrogen and oxygen atoms in total. The highest BCUT2D eigenvalue weighted by atomic mass is 35.5. The van der Waals surface area contributed by atoms with Crippen LogP contribution >= 0.6 is 12.4 Å². The van der Waals surface area contributed by atoms with E-state index in [0.717, 1.165) is 50.9 Å². The summed E-state index contributed by atoms with van der Waals surface area (Å²) in [7, 11) is -3.42. The van der Waals surface area contributed by atoms with Gasteiger partial charge in [0, 0.05) is 6.54 Å². The lowest BCUT2D eigenvalue weighted by Crippen LogP contribution is -2.26. The molecule has 1 unspecified atom stereocenters. The van der Waals surface area contributed by atoms with Crippen LogP contribution in [0.3, 0.4) is 0 Å². The second-order valence-electron chi connectivity index (χ2n) is 6.07. The normalized spacial score (nSPS) is 17.5. The van der Waals surface area contributed by atoms with E-state index in [-0.39, 0.29) is 12.4 Å². The molecular formula is C17H29ClN2O3S. The summed E-state index contributed by atoms with van der Waals surface area (Å²) in [6.07, 6.45) is 5.33. The van der Waals surface area contributed by atoms with Gasteiger partial charge in [-0.25, -0.2) is 13.1 Å². The summed E-state index contributed by atoms with van der Waals surface area (Å²) in [5.41, 5.74) is 0. The van der Waals surface area contributed by atoms with Crippen LogP contribution in [0.1, 0.15) is 39.0 Å². The van der Waals surface area contributed by atoms with Crippen molar-refractivity contribution in [3.05, 3.63) is 24.3 Å². The van der Waals surface area contributed by atoms with E-state index in [4.69, 9.17) is 4.74 Å². The number of hydrogen-bond donors (Lipinski definition) is 2. The highest BCUT2D eigenvalue weighted by Gasteiger charge is 2.17. The molecule has 0 radical (unpaired) electrons. The van der Waals surface area contributed by atoms with Crippen molar-refractivity contribution < 1.29 is 13.2 Å². The van der Waals surface area contributed by atoms with Crippen molar-refractivity contribution in [3.8, 4) is 5.75 Å². The fourth-order valence-corrected chi connectivity index (χ4v) is 3.75. The highest BCUT2D eigenvalue weighted by molar-refractivity contribution is 7.89. The van der Waals surface area contributed by atoms with Gasteiger partial charge in [0.25, 0.3) is 0 Å². The molecule has 138 valence electrons. The van der Waals surface area contributed by atoms with Crippen molar-refractivity contribution in [3.63, 3.8) is 0 Å². The van der Waals surface area contributed by atoms with Crippen molar-refractivity contribution in [2.24, 2.45) is 5.92 Å². The first-order valence-electron chi connectivity index (χ1n) is 8.55. The summed E-state index contributed by atoms with van der Waals surface area (Å²) in [5.74, 6) is 1.30. The molecule has 0 amide bonds. The molecule has 7 heteroatoms. The average Bonchev–Trinajstić information content (AvgIpc) is 3.05. The third-order valence-electron chi connectivity index (χ3n) is 4.16. The number of rotatable bonds is 10. The molecule has 0 spiro atoms. The third-order valence-corrected chi connectivity index (χ3v) is 5.63. The van der Waals surface area contributed by atoms with Gasteiger partial charge in [0.15, 0.2) is 0 Å². The lowest BCUT2D eigenvalue weighted by Gasteiger charge is -2.11. The number of nitrogens with one attached hydrogen (secondary N) is 2. The molecular weight excluding hydrogens is 348 g/mol. The minimum Gasteiger partial charge on any atom is -0.494 e. The van der Waals surface area contributed by atoms with E-state index in [1.165, 1.54) is 0 Å². The summed E-state index contributed by atoms with van der Waals surface area (Å²) in [5, 5.41) is 3.29. The van der Waals surface area contributed by atoms with Gasteiger partial charge in [-0.1, -0.05) is 19.8 Å². The van der Waals surface area contributed by atoms with Crippen LogP contribution in [0, 0.1) is 5.92 Å². The zero-order chi connectivity index (χ0) is 16.5.